The van der Waals surface area contributed by atoms with Gasteiger partial charge in [0.05, 0.1) is 16.2 Å². The molecule has 4 aromatic rings. The van der Waals surface area contributed by atoms with Crippen LogP contribution in [0.2, 0.25) is 0 Å². The number of fused-ring (bicyclic) bond motifs is 2. The number of nitrogens with zero attached hydrogens (tertiary/aromatic N) is 3. The second-order valence-electron chi connectivity index (χ2n) is 6.17. The summed E-state index contributed by atoms with van der Waals surface area (Å²) in [5.41, 5.74) is 1.23. The quantitative estimate of drug-likeness (QED) is 0.524. The van der Waals surface area contributed by atoms with Gasteiger partial charge in [0.1, 0.15) is 5.82 Å². The summed E-state index contributed by atoms with van der Waals surface area (Å²) in [6, 6.07) is 12.7. The SMILES string of the molecule is C[C@H](Sc1nnc(-c2ccc3c(c2)OCO3)o1)c1nc2ccccc2c(=O)[nH]1. The molecule has 0 amide bonds. The van der Waals surface area contributed by atoms with Gasteiger partial charge in [-0.2, -0.15) is 0 Å². The predicted molar refractivity (Wildman–Crippen MR) is 102 cm³/mol. The Morgan fingerprint density at radius 3 is 2.89 bits per heavy atom. The molecule has 0 unspecified atom stereocenters. The largest absolute Gasteiger partial charge is 0.454 e. The van der Waals surface area contributed by atoms with Crippen LogP contribution in [0, 0.1) is 0 Å². The van der Waals surface area contributed by atoms with Crippen molar-refractivity contribution in [2.24, 2.45) is 0 Å². The maximum absolute atomic E-state index is 12.3. The number of H-pyrrole nitrogens is 1. The summed E-state index contributed by atoms with van der Waals surface area (Å²) < 4.78 is 16.4. The molecule has 1 atom stereocenters. The smallest absolute Gasteiger partial charge is 0.277 e. The van der Waals surface area contributed by atoms with Crippen LogP contribution < -0.4 is 15.0 Å². The highest BCUT2D eigenvalue weighted by Gasteiger charge is 2.19. The molecule has 1 aliphatic rings. The molecule has 140 valence electrons. The molecule has 0 bridgehead atoms. The van der Waals surface area contributed by atoms with Gasteiger partial charge in [-0.1, -0.05) is 23.9 Å². The number of nitrogens with one attached hydrogen (secondary N) is 1. The fraction of sp³-hybridized carbons (Fsp3) is 0.158. The van der Waals surface area contributed by atoms with Crippen molar-refractivity contribution in [2.45, 2.75) is 17.4 Å². The van der Waals surface area contributed by atoms with Crippen molar-refractivity contribution in [3.63, 3.8) is 0 Å². The van der Waals surface area contributed by atoms with E-state index in [0.717, 1.165) is 5.56 Å². The van der Waals surface area contributed by atoms with Gasteiger partial charge in [-0.25, -0.2) is 4.98 Å². The lowest BCUT2D eigenvalue weighted by Gasteiger charge is -2.08. The fourth-order valence-corrected chi connectivity index (χ4v) is 3.65. The van der Waals surface area contributed by atoms with E-state index < -0.39 is 0 Å². The molecule has 9 heteroatoms. The van der Waals surface area contributed by atoms with Crippen molar-refractivity contribution < 1.29 is 13.9 Å². The van der Waals surface area contributed by atoms with Crippen LogP contribution in [0.5, 0.6) is 11.5 Å². The number of thioether (sulfide) groups is 1. The highest BCUT2D eigenvalue weighted by Crippen LogP contribution is 2.37. The minimum absolute atomic E-state index is 0.167. The van der Waals surface area contributed by atoms with Crippen LogP contribution in [0.3, 0.4) is 0 Å². The van der Waals surface area contributed by atoms with Crippen molar-refractivity contribution >= 4 is 22.7 Å². The number of aromatic nitrogens is 4. The van der Waals surface area contributed by atoms with Gasteiger partial charge in [0.15, 0.2) is 11.5 Å². The first-order chi connectivity index (χ1) is 13.7. The molecular weight excluding hydrogens is 380 g/mol. The molecule has 0 aliphatic carbocycles. The third-order valence-electron chi connectivity index (χ3n) is 4.32. The summed E-state index contributed by atoms with van der Waals surface area (Å²) in [4.78, 5) is 19.6. The Bertz CT molecular complexity index is 1240. The minimum atomic E-state index is -0.178. The summed E-state index contributed by atoms with van der Waals surface area (Å²) in [5, 5.41) is 8.96. The maximum atomic E-state index is 12.3. The number of hydrogen-bond donors (Lipinski definition) is 1. The summed E-state index contributed by atoms with van der Waals surface area (Å²) in [6.07, 6.45) is 0. The first kappa shape index (κ1) is 16.8. The van der Waals surface area contributed by atoms with E-state index in [1.54, 1.807) is 18.2 Å². The van der Waals surface area contributed by atoms with Crippen LogP contribution in [0.1, 0.15) is 18.0 Å². The Morgan fingerprint density at radius 2 is 1.96 bits per heavy atom. The molecule has 1 N–H and O–H groups in total. The van der Waals surface area contributed by atoms with E-state index >= 15 is 0 Å². The Hall–Kier alpha value is -3.33. The molecule has 2 aromatic heterocycles. The van der Waals surface area contributed by atoms with E-state index in [9.17, 15) is 4.79 Å². The third-order valence-corrected chi connectivity index (χ3v) is 5.26. The first-order valence-corrected chi connectivity index (χ1v) is 9.44. The average Bonchev–Trinajstić information content (AvgIpc) is 3.36. The van der Waals surface area contributed by atoms with E-state index in [1.165, 1.54) is 11.8 Å². The van der Waals surface area contributed by atoms with Crippen molar-refractivity contribution in [1.82, 2.24) is 20.2 Å². The molecular formula is C19H14N4O4S. The van der Waals surface area contributed by atoms with Gasteiger partial charge in [0.2, 0.25) is 12.7 Å². The van der Waals surface area contributed by atoms with E-state index in [0.29, 0.717) is 39.3 Å². The molecule has 0 saturated heterocycles. The molecule has 0 spiro atoms. The van der Waals surface area contributed by atoms with Gasteiger partial charge in [-0.3, -0.25) is 4.79 Å². The van der Waals surface area contributed by atoms with E-state index in [2.05, 4.69) is 20.2 Å². The van der Waals surface area contributed by atoms with Crippen molar-refractivity contribution in [2.75, 3.05) is 6.79 Å². The van der Waals surface area contributed by atoms with Crippen LogP contribution in [0.4, 0.5) is 0 Å². The molecule has 1 aliphatic heterocycles. The lowest BCUT2D eigenvalue weighted by atomic mass is 10.2. The fourth-order valence-electron chi connectivity index (χ4n) is 2.91. The average molecular weight is 394 g/mol. The Labute approximate surface area is 162 Å². The summed E-state index contributed by atoms with van der Waals surface area (Å²) in [6.45, 7) is 2.13. The lowest BCUT2D eigenvalue weighted by molar-refractivity contribution is 0.174. The van der Waals surface area contributed by atoms with Gasteiger partial charge in [-0.15, -0.1) is 10.2 Å². The summed E-state index contributed by atoms with van der Waals surface area (Å²) >= 11 is 1.33. The molecule has 8 nitrogen and oxygen atoms in total. The van der Waals surface area contributed by atoms with Crippen molar-refractivity contribution in [3.05, 3.63) is 58.6 Å². The number of ether oxygens (including phenoxy) is 2. The lowest BCUT2D eigenvalue weighted by Crippen LogP contribution is -2.12. The molecule has 0 radical (unpaired) electrons. The van der Waals surface area contributed by atoms with Gasteiger partial charge in [0.25, 0.3) is 10.8 Å². The van der Waals surface area contributed by atoms with Crippen molar-refractivity contribution in [3.8, 4) is 23.0 Å². The Kier molecular flexibility index (Phi) is 4.01. The zero-order valence-corrected chi connectivity index (χ0v) is 15.5. The second-order valence-corrected chi connectivity index (χ2v) is 7.46. The van der Waals surface area contributed by atoms with Crippen LogP contribution in [0.15, 0.2) is 56.9 Å². The van der Waals surface area contributed by atoms with Gasteiger partial charge in [-0.05, 0) is 37.3 Å². The third kappa shape index (κ3) is 2.99. The van der Waals surface area contributed by atoms with Gasteiger partial charge in [0, 0.05) is 5.56 Å². The number of benzene rings is 2. The van der Waals surface area contributed by atoms with Crippen molar-refractivity contribution in [1.29, 1.82) is 0 Å². The number of para-hydroxylation sites is 1. The van der Waals surface area contributed by atoms with E-state index in [-0.39, 0.29) is 17.6 Å². The predicted octanol–water partition coefficient (Wildman–Crippen LogP) is 3.56. The number of hydrogen-bond acceptors (Lipinski definition) is 8. The van der Waals surface area contributed by atoms with Crippen LogP contribution in [-0.4, -0.2) is 27.0 Å². The molecule has 28 heavy (non-hydrogen) atoms. The van der Waals surface area contributed by atoms with Crippen LogP contribution in [0.25, 0.3) is 22.4 Å². The molecule has 5 rings (SSSR count). The van der Waals surface area contributed by atoms with Gasteiger partial charge < -0.3 is 18.9 Å². The van der Waals surface area contributed by atoms with Crippen LogP contribution in [-0.2, 0) is 0 Å². The highest BCUT2D eigenvalue weighted by atomic mass is 32.2. The molecule has 0 fully saturated rings. The number of aromatic amines is 1. The standard InChI is InChI=1S/C19H14N4O4S/c1-10(16-20-13-5-3-2-4-12(13)17(24)21-16)28-19-23-22-18(27-19)11-6-7-14-15(8-11)26-9-25-14/h2-8,10H,9H2,1H3,(H,20,21,24)/t10-/m0/s1. The number of rotatable bonds is 4. The van der Waals surface area contributed by atoms with E-state index in [4.69, 9.17) is 13.9 Å². The summed E-state index contributed by atoms with van der Waals surface area (Å²) in [7, 11) is 0. The first-order valence-electron chi connectivity index (χ1n) is 8.56. The van der Waals surface area contributed by atoms with Gasteiger partial charge >= 0.3 is 0 Å². The minimum Gasteiger partial charge on any atom is -0.454 e. The summed E-state index contributed by atoms with van der Waals surface area (Å²) in [5.74, 6) is 2.28. The second kappa shape index (κ2) is 6.68. The molecule has 0 saturated carbocycles. The van der Waals surface area contributed by atoms with E-state index in [1.807, 2.05) is 31.2 Å². The normalized spacial score (nSPS) is 13.8. The zero-order valence-electron chi connectivity index (χ0n) is 14.7. The zero-order chi connectivity index (χ0) is 19.1. The molecule has 3 heterocycles. The highest BCUT2D eigenvalue weighted by molar-refractivity contribution is 7.99. The monoisotopic (exact) mass is 394 g/mol. The Morgan fingerprint density at radius 1 is 1.11 bits per heavy atom. The van der Waals surface area contributed by atoms with Crippen LogP contribution >= 0.6 is 11.8 Å². The topological polar surface area (TPSA) is 103 Å². The maximum Gasteiger partial charge on any atom is 0.277 e. The Balaban J connectivity index is 1.39. The molecule has 2 aromatic carbocycles.